The third kappa shape index (κ3) is 2.58. The Morgan fingerprint density at radius 3 is 2.13 bits per heavy atom. The van der Waals surface area contributed by atoms with E-state index >= 15 is 0 Å². The number of carboxylic acid groups (broad SMARTS) is 1. The summed E-state index contributed by atoms with van der Waals surface area (Å²) in [4.78, 5) is 11.0. The molecule has 0 heterocycles. The van der Waals surface area contributed by atoms with Gasteiger partial charge >= 0.3 is 5.97 Å². The molecule has 0 bridgehead atoms. The van der Waals surface area contributed by atoms with E-state index in [4.69, 9.17) is 5.11 Å². The van der Waals surface area contributed by atoms with Crippen LogP contribution in [0.3, 0.4) is 0 Å². The van der Waals surface area contributed by atoms with Crippen molar-refractivity contribution in [1.29, 1.82) is 0 Å². The first-order valence-corrected chi connectivity index (χ1v) is 5.30. The lowest BCUT2D eigenvalue weighted by atomic mass is 9.91. The lowest BCUT2D eigenvalue weighted by Gasteiger charge is -2.13. The lowest BCUT2D eigenvalue weighted by Crippen LogP contribution is -2.05. The Balaban J connectivity index is 3.27. The Hall–Kier alpha value is -1.31. The zero-order valence-corrected chi connectivity index (χ0v) is 9.74. The summed E-state index contributed by atoms with van der Waals surface area (Å²) in [5, 5.41) is 9.04. The summed E-state index contributed by atoms with van der Waals surface area (Å²) in [6.07, 6.45) is 0. The van der Waals surface area contributed by atoms with Crippen LogP contribution in [0.4, 0.5) is 0 Å². The third-order valence-electron chi connectivity index (χ3n) is 2.59. The van der Waals surface area contributed by atoms with Gasteiger partial charge in [0, 0.05) is 0 Å². The van der Waals surface area contributed by atoms with Crippen LogP contribution in [0, 0.1) is 0 Å². The second kappa shape index (κ2) is 4.47. The molecule has 1 rings (SSSR count). The van der Waals surface area contributed by atoms with Crippen LogP contribution in [0.25, 0.3) is 0 Å². The minimum atomic E-state index is -0.839. The van der Waals surface area contributed by atoms with Gasteiger partial charge in [-0.2, -0.15) is 0 Å². The van der Waals surface area contributed by atoms with Crippen molar-refractivity contribution in [2.24, 2.45) is 0 Å². The fourth-order valence-corrected chi connectivity index (χ4v) is 1.61. The van der Waals surface area contributed by atoms with Crippen LogP contribution < -0.4 is 0 Å². The van der Waals surface area contributed by atoms with E-state index < -0.39 is 5.97 Å². The average Bonchev–Trinajstić information content (AvgIpc) is 2.16. The van der Waals surface area contributed by atoms with Crippen LogP contribution in [-0.2, 0) is 0 Å². The largest absolute Gasteiger partial charge is 0.478 e. The first-order chi connectivity index (χ1) is 6.93. The molecule has 0 aliphatic rings. The van der Waals surface area contributed by atoms with Crippen LogP contribution in [0.5, 0.6) is 0 Å². The summed E-state index contributed by atoms with van der Waals surface area (Å²) in [5.74, 6) is -0.158. The van der Waals surface area contributed by atoms with Gasteiger partial charge in [0.2, 0.25) is 0 Å². The number of hydrogen-bond acceptors (Lipinski definition) is 1. The van der Waals surface area contributed by atoms with Gasteiger partial charge in [0.1, 0.15) is 0 Å². The molecule has 0 unspecified atom stereocenters. The summed E-state index contributed by atoms with van der Waals surface area (Å²) in [6.45, 7) is 8.26. The van der Waals surface area contributed by atoms with E-state index in [0.29, 0.717) is 11.5 Å². The highest BCUT2D eigenvalue weighted by molar-refractivity contribution is 5.89. The fraction of sp³-hybridized carbons (Fsp3) is 0.462. The number of hydrogen-bond donors (Lipinski definition) is 1. The van der Waals surface area contributed by atoms with Gasteiger partial charge in [-0.1, -0.05) is 39.8 Å². The first-order valence-electron chi connectivity index (χ1n) is 5.30. The zero-order valence-electron chi connectivity index (χ0n) is 9.74. The summed E-state index contributed by atoms with van der Waals surface area (Å²) >= 11 is 0. The lowest BCUT2D eigenvalue weighted by molar-refractivity contribution is 0.0695. The van der Waals surface area contributed by atoms with E-state index in [1.165, 1.54) is 5.56 Å². The van der Waals surface area contributed by atoms with E-state index in [2.05, 4.69) is 13.8 Å². The van der Waals surface area contributed by atoms with Crippen LogP contribution in [-0.4, -0.2) is 11.1 Å². The van der Waals surface area contributed by atoms with Crippen molar-refractivity contribution < 1.29 is 9.90 Å². The van der Waals surface area contributed by atoms with Crippen molar-refractivity contribution in [3.05, 3.63) is 34.9 Å². The summed E-state index contributed by atoms with van der Waals surface area (Å²) < 4.78 is 0. The van der Waals surface area contributed by atoms with Gasteiger partial charge in [-0.25, -0.2) is 4.79 Å². The molecule has 0 aliphatic carbocycles. The average molecular weight is 206 g/mol. The normalized spacial score (nSPS) is 11.1. The zero-order chi connectivity index (χ0) is 11.6. The Morgan fingerprint density at radius 2 is 1.73 bits per heavy atom. The van der Waals surface area contributed by atoms with Crippen molar-refractivity contribution in [2.45, 2.75) is 39.5 Å². The molecule has 0 atom stereocenters. The van der Waals surface area contributed by atoms with Crippen molar-refractivity contribution >= 4 is 5.97 Å². The van der Waals surface area contributed by atoms with Crippen molar-refractivity contribution in [2.75, 3.05) is 0 Å². The molecule has 0 radical (unpaired) electrons. The molecule has 0 amide bonds. The number of rotatable bonds is 3. The topological polar surface area (TPSA) is 37.3 Å². The standard InChI is InChI=1S/C13H18O2/c1-8(2)10-5-6-11(13(14)15)12(7-10)9(3)4/h5-9H,1-4H3,(H,14,15). The molecule has 0 aromatic heterocycles. The molecule has 0 spiro atoms. The molecule has 1 aromatic rings. The van der Waals surface area contributed by atoms with Gasteiger partial charge in [0.15, 0.2) is 0 Å². The minimum Gasteiger partial charge on any atom is -0.478 e. The number of carbonyl (C=O) groups is 1. The highest BCUT2D eigenvalue weighted by Crippen LogP contribution is 2.24. The quantitative estimate of drug-likeness (QED) is 0.819. The van der Waals surface area contributed by atoms with Crippen LogP contribution >= 0.6 is 0 Å². The van der Waals surface area contributed by atoms with E-state index in [0.717, 1.165) is 5.56 Å². The maximum atomic E-state index is 11.0. The minimum absolute atomic E-state index is 0.245. The van der Waals surface area contributed by atoms with Crippen molar-refractivity contribution in [3.63, 3.8) is 0 Å². The van der Waals surface area contributed by atoms with Gasteiger partial charge in [-0.3, -0.25) is 0 Å². The van der Waals surface area contributed by atoms with Crippen LogP contribution in [0.2, 0.25) is 0 Å². The highest BCUT2D eigenvalue weighted by atomic mass is 16.4. The molecule has 2 nitrogen and oxygen atoms in total. The molecular weight excluding hydrogens is 188 g/mol. The Bertz CT molecular complexity index is 365. The van der Waals surface area contributed by atoms with Crippen LogP contribution in [0.1, 0.15) is 61.0 Å². The Kier molecular flexibility index (Phi) is 3.51. The first kappa shape index (κ1) is 11.8. The maximum absolute atomic E-state index is 11.0. The maximum Gasteiger partial charge on any atom is 0.335 e. The predicted octanol–water partition coefficient (Wildman–Crippen LogP) is 3.63. The molecule has 0 aliphatic heterocycles. The summed E-state index contributed by atoms with van der Waals surface area (Å²) in [6, 6.07) is 5.63. The molecule has 0 fully saturated rings. The number of benzene rings is 1. The van der Waals surface area contributed by atoms with Crippen molar-refractivity contribution in [3.8, 4) is 0 Å². The van der Waals surface area contributed by atoms with Crippen LogP contribution in [0.15, 0.2) is 18.2 Å². The molecule has 82 valence electrons. The van der Waals surface area contributed by atoms with E-state index in [9.17, 15) is 4.79 Å². The van der Waals surface area contributed by atoms with Gasteiger partial charge in [0.25, 0.3) is 0 Å². The second-order valence-electron chi connectivity index (χ2n) is 4.46. The molecule has 1 N–H and O–H groups in total. The number of aromatic carboxylic acids is 1. The summed E-state index contributed by atoms with van der Waals surface area (Å²) in [5.41, 5.74) is 2.55. The van der Waals surface area contributed by atoms with Gasteiger partial charge < -0.3 is 5.11 Å². The third-order valence-corrected chi connectivity index (χ3v) is 2.59. The highest BCUT2D eigenvalue weighted by Gasteiger charge is 2.14. The second-order valence-corrected chi connectivity index (χ2v) is 4.46. The number of carboxylic acids is 1. The Labute approximate surface area is 90.9 Å². The summed E-state index contributed by atoms with van der Waals surface area (Å²) in [7, 11) is 0. The molecule has 1 aromatic carbocycles. The molecule has 0 saturated heterocycles. The SMILES string of the molecule is CC(C)c1ccc(C(=O)O)c(C(C)C)c1. The fourth-order valence-electron chi connectivity index (χ4n) is 1.61. The molecule has 15 heavy (non-hydrogen) atoms. The van der Waals surface area contributed by atoms with Crippen molar-refractivity contribution in [1.82, 2.24) is 0 Å². The van der Waals surface area contributed by atoms with E-state index in [-0.39, 0.29) is 5.92 Å². The smallest absolute Gasteiger partial charge is 0.335 e. The predicted molar refractivity (Wildman–Crippen MR) is 61.6 cm³/mol. The molecule has 0 saturated carbocycles. The molecule has 2 heteroatoms. The van der Waals surface area contributed by atoms with Gasteiger partial charge in [-0.05, 0) is 29.0 Å². The van der Waals surface area contributed by atoms with Gasteiger partial charge in [-0.15, -0.1) is 0 Å². The monoisotopic (exact) mass is 206 g/mol. The van der Waals surface area contributed by atoms with Gasteiger partial charge in [0.05, 0.1) is 5.56 Å². The van der Waals surface area contributed by atoms with E-state index in [1.54, 1.807) is 6.07 Å². The molecular formula is C13H18O2. The van der Waals surface area contributed by atoms with E-state index in [1.807, 2.05) is 26.0 Å². The Morgan fingerprint density at radius 1 is 1.13 bits per heavy atom.